The minimum atomic E-state index is -3.03. The van der Waals surface area contributed by atoms with Gasteiger partial charge in [0, 0.05) is 6.42 Å². The smallest absolute Gasteiger partial charge is 0.305 e. The zero-order valence-electron chi connectivity index (χ0n) is 9.94. The number of carbonyl (C=O) groups is 1. The van der Waals surface area contributed by atoms with E-state index in [9.17, 15) is 9.00 Å². The summed E-state index contributed by atoms with van der Waals surface area (Å²) in [5, 5.41) is 0. The fraction of sp³-hybridized carbons (Fsp3) is 0.818. The number of unbranched alkanes of at least 4 members (excludes halogenated alkanes) is 4. The summed E-state index contributed by atoms with van der Waals surface area (Å²) < 4.78 is 24.4. The molecule has 0 aromatic rings. The van der Waals surface area contributed by atoms with Gasteiger partial charge in [0.1, 0.15) is 6.61 Å². The number of rotatable bonds is 9. The maximum atomic E-state index is 11.1. The second-order valence-electron chi connectivity index (χ2n) is 3.86. The summed E-state index contributed by atoms with van der Waals surface area (Å²) >= 11 is 0. The van der Waals surface area contributed by atoms with Crippen molar-refractivity contribution in [2.75, 3.05) is 12.4 Å². The average Bonchev–Trinajstić information content (AvgIpc) is 2.15. The fourth-order valence-corrected chi connectivity index (χ4v) is 1.57. The molecule has 0 aliphatic carbocycles. The first-order chi connectivity index (χ1) is 7.45. The van der Waals surface area contributed by atoms with E-state index >= 15 is 0 Å². The monoisotopic (exact) mass is 250 g/mol. The molecular formula is C11H22O4S. The second-order valence-corrected chi connectivity index (χ2v) is 5.81. The lowest BCUT2D eigenvalue weighted by Gasteiger charge is -2.04. The Balaban J connectivity index is 3.38. The molecule has 0 saturated heterocycles. The number of hydrogen-bond acceptors (Lipinski definition) is 3. The van der Waals surface area contributed by atoms with Crippen LogP contribution in [-0.4, -0.2) is 33.0 Å². The van der Waals surface area contributed by atoms with Gasteiger partial charge in [-0.05, 0) is 12.3 Å². The van der Waals surface area contributed by atoms with Crippen molar-refractivity contribution in [3.63, 3.8) is 0 Å². The van der Waals surface area contributed by atoms with Crippen LogP contribution in [0.3, 0.4) is 0 Å². The first kappa shape index (κ1) is 15.4. The highest BCUT2D eigenvalue weighted by molar-refractivity contribution is 7.95. The summed E-state index contributed by atoms with van der Waals surface area (Å²) in [5.41, 5.74) is 0. The summed E-state index contributed by atoms with van der Waals surface area (Å²) in [6.07, 6.45) is 5.79. The summed E-state index contributed by atoms with van der Waals surface area (Å²) in [7, 11) is -3.03. The first-order valence-electron chi connectivity index (χ1n) is 5.68. The van der Waals surface area contributed by atoms with Crippen LogP contribution in [0.4, 0.5) is 0 Å². The van der Waals surface area contributed by atoms with E-state index in [-0.39, 0.29) is 18.3 Å². The van der Waals surface area contributed by atoms with Gasteiger partial charge in [0.15, 0.2) is 0 Å². The van der Waals surface area contributed by atoms with Crippen molar-refractivity contribution < 1.29 is 18.3 Å². The summed E-state index contributed by atoms with van der Waals surface area (Å²) in [4.78, 5) is 11.1. The fourth-order valence-electron chi connectivity index (χ4n) is 1.23. The second kappa shape index (κ2) is 8.58. The zero-order valence-corrected chi connectivity index (χ0v) is 10.8. The van der Waals surface area contributed by atoms with Crippen molar-refractivity contribution in [1.82, 2.24) is 0 Å². The Morgan fingerprint density at radius 3 is 2.50 bits per heavy atom. The van der Waals surface area contributed by atoms with E-state index in [4.69, 9.17) is 9.29 Å². The Kier molecular flexibility index (Phi) is 8.29. The Bertz CT molecular complexity index is 282. The lowest BCUT2D eigenvalue weighted by atomic mass is 10.1. The van der Waals surface area contributed by atoms with Crippen molar-refractivity contribution in [3.8, 4) is 0 Å². The van der Waals surface area contributed by atoms with Gasteiger partial charge >= 0.3 is 5.97 Å². The lowest BCUT2D eigenvalue weighted by molar-refractivity contribution is -0.143. The van der Waals surface area contributed by atoms with Crippen LogP contribution in [0.25, 0.3) is 0 Å². The van der Waals surface area contributed by atoms with Crippen molar-refractivity contribution in [2.24, 2.45) is 0 Å². The third-order valence-electron chi connectivity index (χ3n) is 2.15. The van der Waals surface area contributed by atoms with Gasteiger partial charge in [0.2, 0.25) is 0 Å². The molecule has 0 rings (SSSR count). The van der Waals surface area contributed by atoms with Gasteiger partial charge < -0.3 is 9.29 Å². The molecule has 0 aromatic heterocycles. The molecule has 0 aliphatic rings. The summed E-state index contributed by atoms with van der Waals surface area (Å²) in [6.45, 7) is 2.12. The Hall–Kier alpha value is -0.550. The average molecular weight is 250 g/mol. The molecule has 0 aliphatic heterocycles. The van der Waals surface area contributed by atoms with Gasteiger partial charge in [-0.3, -0.25) is 4.79 Å². The number of esters is 1. The highest BCUT2D eigenvalue weighted by Crippen LogP contribution is 2.05. The van der Waals surface area contributed by atoms with Crippen LogP contribution in [0.15, 0.2) is 0 Å². The largest absolute Gasteiger partial charge is 0.465 e. The van der Waals surface area contributed by atoms with Gasteiger partial charge in [-0.15, -0.1) is 0 Å². The molecule has 0 fully saturated rings. The van der Waals surface area contributed by atoms with Crippen molar-refractivity contribution in [3.05, 3.63) is 0 Å². The molecule has 1 N–H and O–H groups in total. The molecule has 1 unspecified atom stereocenters. The van der Waals surface area contributed by atoms with E-state index < -0.39 is 9.80 Å². The van der Waals surface area contributed by atoms with Gasteiger partial charge in [-0.1, -0.05) is 32.6 Å². The van der Waals surface area contributed by atoms with Crippen LogP contribution in [-0.2, 0) is 19.3 Å². The highest BCUT2D eigenvalue weighted by atomic mass is 32.2. The van der Waals surface area contributed by atoms with E-state index in [1.165, 1.54) is 12.8 Å². The van der Waals surface area contributed by atoms with Crippen LogP contribution < -0.4 is 0 Å². The predicted octanol–water partition coefficient (Wildman–Crippen LogP) is 2.08. The molecule has 96 valence electrons. The van der Waals surface area contributed by atoms with E-state index in [2.05, 4.69) is 12.8 Å². The molecule has 0 amide bonds. The van der Waals surface area contributed by atoms with Crippen molar-refractivity contribution in [2.45, 2.75) is 45.4 Å². The standard InChI is InChI=1S/C11H22O4S/c1-3-4-5-6-7-8-11(12)15-9-10-16(2,13)14/h2-10H2,1H3,(H,13,14). The van der Waals surface area contributed by atoms with E-state index in [0.29, 0.717) is 6.42 Å². The Morgan fingerprint density at radius 2 is 1.94 bits per heavy atom. The maximum absolute atomic E-state index is 11.1. The minimum absolute atomic E-state index is 0.0212. The third kappa shape index (κ3) is 11.5. The van der Waals surface area contributed by atoms with E-state index in [0.717, 1.165) is 19.3 Å². The Morgan fingerprint density at radius 1 is 1.31 bits per heavy atom. The van der Waals surface area contributed by atoms with Gasteiger partial charge in [-0.25, -0.2) is 4.21 Å². The topological polar surface area (TPSA) is 63.6 Å². The molecule has 16 heavy (non-hydrogen) atoms. The van der Waals surface area contributed by atoms with Crippen LogP contribution in [0, 0.1) is 0 Å². The number of ether oxygens (including phenoxy) is 1. The number of carbonyl (C=O) groups excluding carboxylic acids is 1. The molecule has 5 heteroatoms. The van der Waals surface area contributed by atoms with Crippen molar-refractivity contribution >= 4 is 21.6 Å². The molecule has 0 heterocycles. The van der Waals surface area contributed by atoms with E-state index in [1.54, 1.807) is 0 Å². The van der Waals surface area contributed by atoms with Crippen molar-refractivity contribution in [1.29, 1.82) is 0 Å². The van der Waals surface area contributed by atoms with Gasteiger partial charge in [0.25, 0.3) is 0 Å². The maximum Gasteiger partial charge on any atom is 0.305 e. The molecule has 4 nitrogen and oxygen atoms in total. The quantitative estimate of drug-likeness (QED) is 0.386. The van der Waals surface area contributed by atoms with Crippen LogP contribution in [0.1, 0.15) is 45.4 Å². The third-order valence-corrected chi connectivity index (χ3v) is 2.95. The molecular weight excluding hydrogens is 228 g/mol. The molecule has 0 bridgehead atoms. The van der Waals surface area contributed by atoms with Gasteiger partial charge in [-0.2, -0.15) is 0 Å². The predicted molar refractivity (Wildman–Crippen MR) is 67.1 cm³/mol. The Labute approximate surface area is 98.2 Å². The number of hydrogen-bond donors (Lipinski definition) is 1. The SMILES string of the molecule is C=S(=O)(O)CCOC(=O)CCCCCCC. The van der Waals surface area contributed by atoms with Crippen LogP contribution >= 0.6 is 0 Å². The molecule has 0 saturated carbocycles. The summed E-state index contributed by atoms with van der Waals surface area (Å²) in [5.74, 6) is 2.67. The minimum Gasteiger partial charge on any atom is -0.465 e. The normalized spacial score (nSPS) is 14.4. The summed E-state index contributed by atoms with van der Waals surface area (Å²) in [6, 6.07) is 0. The molecule has 0 aromatic carbocycles. The van der Waals surface area contributed by atoms with Crippen LogP contribution in [0.5, 0.6) is 0 Å². The zero-order chi connectivity index (χ0) is 12.4. The molecule has 1 atom stereocenters. The molecule has 0 spiro atoms. The highest BCUT2D eigenvalue weighted by Gasteiger charge is 2.04. The van der Waals surface area contributed by atoms with Crippen LogP contribution in [0.2, 0.25) is 0 Å². The lowest BCUT2D eigenvalue weighted by Crippen LogP contribution is -2.14. The van der Waals surface area contributed by atoms with Gasteiger partial charge in [0.05, 0.1) is 15.6 Å². The first-order valence-corrected chi connectivity index (χ1v) is 7.54. The molecule has 0 radical (unpaired) electrons. The van der Waals surface area contributed by atoms with E-state index in [1.807, 2.05) is 0 Å².